The number of nitrogens with zero attached hydrogens (tertiary/aromatic N) is 4. The van der Waals surface area contributed by atoms with Gasteiger partial charge in [0.05, 0.1) is 52.6 Å². The lowest BCUT2D eigenvalue weighted by Gasteiger charge is -2.31. The third kappa shape index (κ3) is 9.61. The third-order valence-corrected chi connectivity index (χ3v) is 12.3. The number of hydrogen-bond donors (Lipinski definition) is 0. The van der Waals surface area contributed by atoms with Crippen molar-refractivity contribution in [3.63, 3.8) is 0 Å². The number of rotatable bonds is 5. The average Bonchev–Trinajstić information content (AvgIpc) is 3.06. The molecule has 14 heteroatoms. The van der Waals surface area contributed by atoms with Gasteiger partial charge in [0.15, 0.2) is 11.6 Å². The zero-order valence-corrected chi connectivity index (χ0v) is 39.1. The summed E-state index contributed by atoms with van der Waals surface area (Å²) >= 11 is 54.2. The number of hydrogen-bond acceptors (Lipinski definition) is 6. The van der Waals surface area contributed by atoms with Gasteiger partial charge in [0, 0.05) is 33.4 Å². The maximum absolute atomic E-state index is 13.3. The highest BCUT2D eigenvalue weighted by molar-refractivity contribution is 6.56. The van der Waals surface area contributed by atoms with E-state index in [1.54, 1.807) is 24.3 Å². The van der Waals surface area contributed by atoms with Gasteiger partial charge in [0.1, 0.15) is 11.4 Å². The first-order chi connectivity index (χ1) is 25.5. The fourth-order valence-electron chi connectivity index (χ4n) is 5.84. The van der Waals surface area contributed by atoms with Crippen molar-refractivity contribution in [1.29, 1.82) is 0 Å². The Labute approximate surface area is 369 Å². The molecule has 0 unspecified atom stereocenters. The van der Waals surface area contributed by atoms with Gasteiger partial charge in [-0.1, -0.05) is 176 Å². The van der Waals surface area contributed by atoms with Crippen molar-refractivity contribution in [3.8, 4) is 11.1 Å². The second-order valence-electron chi connectivity index (χ2n) is 17.5. The van der Waals surface area contributed by atoms with Gasteiger partial charge in [-0.2, -0.15) is 10.2 Å². The number of allylic oxidation sites excluding steroid dienone is 10. The lowest BCUT2D eigenvalue weighted by Crippen LogP contribution is -2.27. The van der Waals surface area contributed by atoms with Gasteiger partial charge in [-0.25, -0.2) is 0 Å². The fraction of sp³-hybridized carbons (Fsp3) is 0.381. The van der Waals surface area contributed by atoms with Gasteiger partial charge in [0.25, 0.3) is 0 Å². The van der Waals surface area contributed by atoms with E-state index in [0.717, 1.165) is 0 Å². The SMILES string of the molecule is CC(C)(C)C1=CC(=CN=Nc2c(Cl)c(Cl)c(-c3c(Cl)c(Cl)c(N=NC=C4C=C(C(C)(C)C)C(=O)C(C(C)(C)C)=C4)c(Cl)c3Cl)c(Cl)c2Cl)C=C(C(C)(C)C)C1=O. The van der Waals surface area contributed by atoms with E-state index < -0.39 is 21.7 Å². The molecule has 0 bridgehead atoms. The molecule has 0 spiro atoms. The summed E-state index contributed by atoms with van der Waals surface area (Å²) in [5, 5.41) is 16.2. The van der Waals surface area contributed by atoms with E-state index >= 15 is 0 Å². The van der Waals surface area contributed by atoms with Crippen LogP contribution in [0.4, 0.5) is 11.4 Å². The van der Waals surface area contributed by atoms with Crippen molar-refractivity contribution in [3.05, 3.63) is 110 Å². The molecule has 2 aromatic rings. The van der Waals surface area contributed by atoms with Crippen molar-refractivity contribution in [2.45, 2.75) is 83.1 Å². The Balaban J connectivity index is 1.79. The van der Waals surface area contributed by atoms with Gasteiger partial charge in [-0.3, -0.25) is 9.59 Å². The lowest BCUT2D eigenvalue weighted by molar-refractivity contribution is -0.114. The predicted molar refractivity (Wildman–Crippen MR) is 237 cm³/mol. The van der Waals surface area contributed by atoms with E-state index in [1.807, 2.05) is 83.1 Å². The molecule has 2 aromatic carbocycles. The van der Waals surface area contributed by atoms with Crippen LogP contribution in [0, 0.1) is 21.7 Å². The van der Waals surface area contributed by atoms with E-state index in [-0.39, 0.29) is 74.2 Å². The minimum atomic E-state index is -0.408. The van der Waals surface area contributed by atoms with Crippen molar-refractivity contribution in [2.75, 3.05) is 0 Å². The van der Waals surface area contributed by atoms with E-state index in [1.165, 1.54) is 12.4 Å². The van der Waals surface area contributed by atoms with E-state index in [0.29, 0.717) is 33.4 Å². The highest BCUT2D eigenvalue weighted by atomic mass is 35.5. The van der Waals surface area contributed by atoms with Crippen LogP contribution in [0.1, 0.15) is 83.1 Å². The topological polar surface area (TPSA) is 83.6 Å². The van der Waals surface area contributed by atoms with Crippen LogP contribution < -0.4 is 0 Å². The molecule has 4 rings (SSSR count). The second kappa shape index (κ2) is 16.8. The van der Waals surface area contributed by atoms with Gasteiger partial charge in [-0.05, 0) is 57.1 Å². The van der Waals surface area contributed by atoms with E-state index in [4.69, 9.17) is 92.8 Å². The smallest absolute Gasteiger partial charge is 0.186 e. The lowest BCUT2D eigenvalue weighted by atomic mass is 9.72. The van der Waals surface area contributed by atoms with Gasteiger partial charge < -0.3 is 0 Å². The summed E-state index contributed by atoms with van der Waals surface area (Å²) < 4.78 is 0. The van der Waals surface area contributed by atoms with Crippen LogP contribution in [0.2, 0.25) is 40.2 Å². The first-order valence-electron chi connectivity index (χ1n) is 17.4. The van der Waals surface area contributed by atoms with Crippen molar-refractivity contribution < 1.29 is 9.59 Å². The summed E-state index contributed by atoms with van der Waals surface area (Å²) in [5.41, 5.74) is 2.34. The molecular weight excluding hydrogens is 876 g/mol. The number of azo groups is 2. The number of benzene rings is 2. The minimum absolute atomic E-state index is 0.0114. The summed E-state index contributed by atoms with van der Waals surface area (Å²) in [5.74, 6) is -0.0227. The Kier molecular flexibility index (Phi) is 13.9. The Morgan fingerprint density at radius 3 is 0.804 bits per heavy atom. The Bertz CT molecular complexity index is 2010. The third-order valence-electron chi connectivity index (χ3n) is 8.91. The van der Waals surface area contributed by atoms with Gasteiger partial charge in [-0.15, -0.1) is 10.2 Å². The summed E-state index contributed by atoms with van der Waals surface area (Å²) in [6.07, 6.45) is 10.2. The molecule has 6 nitrogen and oxygen atoms in total. The molecule has 0 aliphatic heterocycles. The molecule has 0 heterocycles. The Morgan fingerprint density at radius 2 is 0.607 bits per heavy atom. The molecule has 0 atom stereocenters. The van der Waals surface area contributed by atoms with E-state index in [9.17, 15) is 9.59 Å². The minimum Gasteiger partial charge on any atom is -0.289 e. The van der Waals surface area contributed by atoms with Crippen molar-refractivity contribution >= 4 is 116 Å². The highest BCUT2D eigenvalue weighted by Crippen LogP contribution is 2.57. The van der Waals surface area contributed by atoms with Gasteiger partial charge in [0.2, 0.25) is 0 Å². The first-order valence-corrected chi connectivity index (χ1v) is 20.4. The van der Waals surface area contributed by atoms with Crippen LogP contribution in [-0.2, 0) is 9.59 Å². The van der Waals surface area contributed by atoms with Crippen molar-refractivity contribution in [2.24, 2.45) is 42.1 Å². The quantitative estimate of drug-likeness (QED) is 0.221. The molecule has 0 saturated heterocycles. The molecular formula is C42H42Cl8N4O2. The van der Waals surface area contributed by atoms with Crippen LogP contribution >= 0.6 is 92.8 Å². The van der Waals surface area contributed by atoms with Crippen LogP contribution in [-0.4, -0.2) is 11.6 Å². The molecule has 0 amide bonds. The monoisotopic (exact) mass is 914 g/mol. The van der Waals surface area contributed by atoms with Crippen LogP contribution in [0.15, 0.2) is 90.6 Å². The largest absolute Gasteiger partial charge is 0.289 e. The number of Topliss-reactive ketones (excluding diaryl/α,β-unsaturated/α-hetero) is 2. The molecule has 0 radical (unpaired) electrons. The molecule has 56 heavy (non-hydrogen) atoms. The number of ketones is 2. The molecule has 2 aliphatic carbocycles. The molecule has 0 fully saturated rings. The summed E-state index contributed by atoms with van der Waals surface area (Å²) in [4.78, 5) is 26.7. The standard InChI is InChI=1S/C42H42Cl8N4O2/c1-39(2,3)21-13-19(14-22(37(21)55)40(4,5)6)17-51-53-35-31(47)27(43)25(28(44)32(35)48)26-29(45)33(49)36(34(50)30(26)46)54-52-18-20-15-23(41(7,8)9)38(56)24(16-20)42(10,11)12/h13-18H,1-12H3. The fourth-order valence-corrected chi connectivity index (χ4v) is 8.06. The summed E-state index contributed by atoms with van der Waals surface area (Å²) in [7, 11) is 0. The van der Waals surface area contributed by atoms with Crippen LogP contribution in [0.3, 0.4) is 0 Å². The average molecular weight is 918 g/mol. The zero-order valence-electron chi connectivity index (χ0n) is 33.1. The molecule has 298 valence electrons. The number of carbonyl (C=O) groups excluding carboxylic acids is 2. The maximum atomic E-state index is 13.3. The second-order valence-corrected chi connectivity index (χ2v) is 20.6. The highest BCUT2D eigenvalue weighted by Gasteiger charge is 2.36. The summed E-state index contributed by atoms with van der Waals surface area (Å²) in [6, 6.07) is 0. The number of carbonyl (C=O) groups is 2. The molecule has 2 aliphatic rings. The van der Waals surface area contributed by atoms with Crippen molar-refractivity contribution in [1.82, 2.24) is 0 Å². The Hall–Kier alpha value is -2.26. The van der Waals surface area contributed by atoms with Crippen LogP contribution in [0.25, 0.3) is 11.1 Å². The Morgan fingerprint density at radius 1 is 0.393 bits per heavy atom. The van der Waals surface area contributed by atoms with Gasteiger partial charge >= 0.3 is 0 Å². The molecule has 0 N–H and O–H groups in total. The predicted octanol–water partition coefficient (Wildman–Crippen LogP) is 17.6. The zero-order chi connectivity index (χ0) is 42.6. The first kappa shape index (κ1) is 46.4. The van der Waals surface area contributed by atoms with Crippen LogP contribution in [0.5, 0.6) is 0 Å². The molecule has 0 saturated carbocycles. The number of halogens is 8. The maximum Gasteiger partial charge on any atom is 0.186 e. The summed E-state index contributed by atoms with van der Waals surface area (Å²) in [6.45, 7) is 23.7. The molecule has 0 aromatic heterocycles. The van der Waals surface area contributed by atoms with E-state index in [2.05, 4.69) is 20.5 Å². The normalized spacial score (nSPS) is 16.1.